The van der Waals surface area contributed by atoms with Crippen LogP contribution in [0.2, 0.25) is 0 Å². The van der Waals surface area contributed by atoms with Crippen molar-refractivity contribution in [3.63, 3.8) is 0 Å². The minimum Gasteiger partial charge on any atom is -0.504 e. The second-order valence-electron chi connectivity index (χ2n) is 23.2. The Morgan fingerprint density at radius 1 is 0.651 bits per heavy atom. The maximum Gasteiger partial charge on any atom is 0.308 e. The third-order valence-corrected chi connectivity index (χ3v) is 18.7. The average Bonchev–Trinajstić information content (AvgIpc) is 1.32. The van der Waals surface area contributed by atoms with Crippen LogP contribution in [0.5, 0.6) is 57.5 Å². The number of fused-ring (bicyclic) bond motifs is 18. The first-order chi connectivity index (χ1) is 39.8. The first kappa shape index (κ1) is 57.3. The second-order valence-corrected chi connectivity index (χ2v) is 23.2. The van der Waals surface area contributed by atoms with E-state index in [0.717, 1.165) is 74.9 Å². The van der Waals surface area contributed by atoms with Gasteiger partial charge >= 0.3 is 11.9 Å². The van der Waals surface area contributed by atoms with E-state index in [1.165, 1.54) is 13.8 Å². The third-order valence-electron chi connectivity index (χ3n) is 18.7. The highest BCUT2D eigenvalue weighted by atomic mass is 16.7. The highest BCUT2D eigenvalue weighted by Gasteiger charge is 2.59. The minimum atomic E-state index is -0.541. The Hall–Kier alpha value is -7.53. The molecule has 8 aliphatic rings. The first-order valence-corrected chi connectivity index (χ1v) is 28.7. The molecule has 1 amide bonds. The van der Waals surface area contributed by atoms with Gasteiger partial charge in [0.15, 0.2) is 46.0 Å². The Bertz CT molecular complexity index is 3430. The number of aromatic hydroxyl groups is 2. The van der Waals surface area contributed by atoms with Crippen molar-refractivity contribution in [1.29, 1.82) is 10.5 Å². The summed E-state index contributed by atoms with van der Waals surface area (Å²) >= 11 is 0. The number of nitrogens with zero attached hydrogens (tertiary/aromatic N) is 6. The Kier molecular flexibility index (Phi) is 15.3. The van der Waals surface area contributed by atoms with Gasteiger partial charge in [-0.1, -0.05) is 31.9 Å². The molecule has 10 atom stereocenters. The fourth-order valence-corrected chi connectivity index (χ4v) is 15.5. The minimum absolute atomic E-state index is 0.0156. The highest BCUT2D eigenvalue weighted by Crippen LogP contribution is 2.61. The number of piperazine rings is 2. The molecule has 8 aliphatic heterocycles. The van der Waals surface area contributed by atoms with Crippen LogP contribution in [0.25, 0.3) is 0 Å². The molecule has 8 heterocycles. The fraction of sp³-hybridized carbons (Fsp3) is 0.532. The van der Waals surface area contributed by atoms with Gasteiger partial charge in [0, 0.05) is 102 Å². The normalized spacial score (nSPS) is 25.8. The number of likely N-dealkylation sites (N-methyl/N-ethyl adjacent to an activating group) is 2. The Morgan fingerprint density at radius 2 is 1.08 bits per heavy atom. The lowest BCUT2D eigenvalue weighted by Crippen LogP contribution is -2.68. The number of hydrogen-bond donors (Lipinski definition) is 4. The summed E-state index contributed by atoms with van der Waals surface area (Å²) in [6.07, 6.45) is 5.23. The number of phenolic OH excluding ortho intramolecular Hbond substituents is 2. The van der Waals surface area contributed by atoms with Gasteiger partial charge in [-0.25, -0.2) is 0 Å². The van der Waals surface area contributed by atoms with E-state index in [1.807, 2.05) is 41.8 Å². The van der Waals surface area contributed by atoms with Crippen LogP contribution in [-0.2, 0) is 40.1 Å². The number of nitrogens with two attached hydrogens (primary N) is 1. The number of phenols is 2. The number of carbonyl (C=O) groups is 3. The van der Waals surface area contributed by atoms with Gasteiger partial charge in [0.1, 0.15) is 23.6 Å². The molecule has 21 heteroatoms. The molecule has 4 bridgehead atoms. The zero-order valence-electron chi connectivity index (χ0n) is 49.1. The lowest BCUT2D eigenvalue weighted by atomic mass is 9.71. The van der Waals surface area contributed by atoms with Crippen molar-refractivity contribution >= 4 is 17.8 Å². The van der Waals surface area contributed by atoms with E-state index >= 15 is 0 Å². The predicted molar refractivity (Wildman–Crippen MR) is 301 cm³/mol. The van der Waals surface area contributed by atoms with Crippen LogP contribution in [0.3, 0.4) is 0 Å². The van der Waals surface area contributed by atoms with E-state index in [0.29, 0.717) is 89.2 Å². The Balaban J connectivity index is 0.000000176. The van der Waals surface area contributed by atoms with Crippen molar-refractivity contribution in [2.24, 2.45) is 5.73 Å². The molecule has 0 radical (unpaired) electrons. The molecule has 4 aromatic carbocycles. The van der Waals surface area contributed by atoms with Crippen molar-refractivity contribution in [2.75, 3.05) is 55.0 Å². The number of rotatable bonds is 11. The van der Waals surface area contributed by atoms with Crippen molar-refractivity contribution in [1.82, 2.24) is 24.9 Å². The van der Waals surface area contributed by atoms with Gasteiger partial charge in [0.25, 0.3) is 0 Å². The molecule has 2 unspecified atom stereocenters. The molecule has 5 N–H and O–H groups in total. The van der Waals surface area contributed by atoms with E-state index in [4.69, 9.17) is 43.6 Å². The standard InChI is InChI=1S/C34H42N4O7.C28H32N4O6/c1-7-8-9-10-26(40)36-15-25-28-21(32(45-19(4)39)18(3)33-34(28)44-16-43-33)13-23-29-27-20(11-17(2)31(42-6)30(27)41)12-22(37(29)5)24(14-35)38(23)25;1-12-6-15-7-17-19(9-29)32-18(23(31(17)4)21(15)24(34)25(12)35-5)8-16-22(20(32)10-30)28-27(36-11-37-28)13(2)26(16)38-14(3)33/h11,22-25,29,41H,7-10,12-13,15-16H2,1-6H3,(H,36,40);6,17-20,23,34H,7-8,10-11,30H2,1-5H3/t22-,23?,24-,25-,29-;17-,18?,19-,20-,23-/m00/s1. The molecule has 21 nitrogen and oxygen atoms in total. The topological polar surface area (TPSA) is 264 Å². The third kappa shape index (κ3) is 9.00. The average molecular weight is 1140 g/mol. The van der Waals surface area contributed by atoms with Gasteiger partial charge in [-0.3, -0.25) is 34.0 Å². The van der Waals surface area contributed by atoms with E-state index in [2.05, 4.69) is 56.1 Å². The summed E-state index contributed by atoms with van der Waals surface area (Å²) in [6, 6.07) is 6.03. The lowest BCUT2D eigenvalue weighted by Gasteiger charge is -2.60. The number of esters is 2. The molecular formula is C62H74N8O13. The monoisotopic (exact) mass is 1140 g/mol. The number of hydrogen-bond acceptors (Lipinski definition) is 20. The summed E-state index contributed by atoms with van der Waals surface area (Å²) in [7, 11) is 7.12. The molecule has 0 aromatic heterocycles. The molecule has 0 aliphatic carbocycles. The van der Waals surface area contributed by atoms with Gasteiger partial charge in [0.2, 0.25) is 19.5 Å². The molecule has 12 rings (SSSR count). The van der Waals surface area contributed by atoms with Gasteiger partial charge in [-0.15, -0.1) is 0 Å². The van der Waals surface area contributed by atoms with Crippen LogP contribution in [0, 0.1) is 50.4 Å². The lowest BCUT2D eigenvalue weighted by molar-refractivity contribution is -0.133. The van der Waals surface area contributed by atoms with Crippen molar-refractivity contribution in [3.05, 3.63) is 78.9 Å². The van der Waals surface area contributed by atoms with Crippen LogP contribution >= 0.6 is 0 Å². The number of carbonyl (C=O) groups excluding carboxylic acids is 3. The molecule has 2 saturated heterocycles. The smallest absolute Gasteiger partial charge is 0.308 e. The first-order valence-electron chi connectivity index (χ1n) is 28.7. The van der Waals surface area contributed by atoms with Crippen molar-refractivity contribution in [2.45, 2.75) is 160 Å². The van der Waals surface area contributed by atoms with E-state index in [1.54, 1.807) is 14.2 Å². The number of benzene rings is 4. The van der Waals surface area contributed by atoms with Crippen LogP contribution in [0.1, 0.15) is 137 Å². The number of unbranched alkanes of at least 4 members (excludes halogenated alkanes) is 2. The summed E-state index contributed by atoms with van der Waals surface area (Å²) in [5.41, 5.74) is 16.3. The molecular weight excluding hydrogens is 1060 g/mol. The number of aryl methyl sites for hydroxylation is 2. The molecule has 83 heavy (non-hydrogen) atoms. The molecule has 2 fully saturated rings. The SMILES string of the molecule is CCCCCC(=O)NC[C@H]1c2c(c(OC(C)=O)c(C)c3c2OCO3)CC2[C@H]3c4c(cc(C)c(OC)c4O)C[C@@H]([C@H](C#N)N21)N3C.COc1c(C)cc2c(c1O)[C@@H]1C3Cc4c(OC(C)=O)c(C)c5c(c4[C@H](CN)N3[C@@H](C#N)[C@H](C2)N1C)OCO5. The summed E-state index contributed by atoms with van der Waals surface area (Å²) in [6.45, 7) is 12.9. The van der Waals surface area contributed by atoms with Crippen molar-refractivity contribution in [3.8, 4) is 69.6 Å². The Morgan fingerprint density at radius 3 is 1.49 bits per heavy atom. The summed E-state index contributed by atoms with van der Waals surface area (Å²) in [5, 5.41) is 47.6. The molecule has 4 aromatic rings. The van der Waals surface area contributed by atoms with Gasteiger partial charge < -0.3 is 59.2 Å². The van der Waals surface area contributed by atoms with Crippen LogP contribution in [-0.4, -0.2) is 139 Å². The van der Waals surface area contributed by atoms with Gasteiger partial charge in [-0.2, -0.15) is 10.5 Å². The molecule has 0 spiro atoms. The quantitative estimate of drug-likeness (QED) is 0.0705. The second kappa shape index (κ2) is 22.2. The largest absolute Gasteiger partial charge is 0.504 e. The van der Waals surface area contributed by atoms with Crippen LogP contribution < -0.4 is 48.9 Å². The van der Waals surface area contributed by atoms with E-state index < -0.39 is 30.1 Å². The maximum atomic E-state index is 13.1. The summed E-state index contributed by atoms with van der Waals surface area (Å²) in [5.74, 6) is 3.25. The summed E-state index contributed by atoms with van der Waals surface area (Å²) < 4.78 is 46.6. The van der Waals surface area contributed by atoms with Crippen molar-refractivity contribution < 1.29 is 62.5 Å². The highest BCUT2D eigenvalue weighted by molar-refractivity contribution is 5.77. The van der Waals surface area contributed by atoms with Crippen LogP contribution in [0.4, 0.5) is 0 Å². The number of nitrogens with one attached hydrogen (secondary N) is 1. The molecule has 0 saturated carbocycles. The van der Waals surface area contributed by atoms with E-state index in [9.17, 15) is 35.1 Å². The molecule has 440 valence electrons. The van der Waals surface area contributed by atoms with Gasteiger partial charge in [0.05, 0.1) is 50.5 Å². The van der Waals surface area contributed by atoms with Gasteiger partial charge in [-0.05, 0) is 96.1 Å². The van der Waals surface area contributed by atoms with E-state index in [-0.39, 0.29) is 86.4 Å². The zero-order chi connectivity index (χ0) is 59.2. The number of ether oxygens (including phenoxy) is 8. The Labute approximate surface area is 483 Å². The fourth-order valence-electron chi connectivity index (χ4n) is 15.5. The zero-order valence-corrected chi connectivity index (χ0v) is 49.1. The summed E-state index contributed by atoms with van der Waals surface area (Å²) in [4.78, 5) is 46.5. The number of amides is 1. The number of nitriles is 2. The van der Waals surface area contributed by atoms with Crippen LogP contribution in [0.15, 0.2) is 12.1 Å². The maximum absolute atomic E-state index is 13.1. The number of methoxy groups -OCH3 is 2. The predicted octanol–water partition coefficient (Wildman–Crippen LogP) is 6.54.